The molecule has 0 saturated carbocycles. The van der Waals surface area contributed by atoms with Gasteiger partial charge in [-0.15, -0.1) is 0 Å². The first-order valence-electron chi connectivity index (χ1n) is 3.36. The lowest BCUT2D eigenvalue weighted by molar-refractivity contribution is 0.0364. The van der Waals surface area contributed by atoms with Gasteiger partial charge in [0.25, 0.3) is 0 Å². The highest BCUT2D eigenvalue weighted by Crippen LogP contribution is 2.27. The molecule has 0 spiro atoms. The van der Waals surface area contributed by atoms with Crippen molar-refractivity contribution in [1.82, 2.24) is 4.90 Å². The molecule has 1 nitrogen and oxygen atoms in total. The Morgan fingerprint density at radius 1 is 1.38 bits per heavy atom. The van der Waals surface area contributed by atoms with Crippen molar-refractivity contribution in [2.75, 3.05) is 19.6 Å². The van der Waals surface area contributed by atoms with E-state index in [0.29, 0.717) is 5.41 Å². The lowest BCUT2D eigenvalue weighted by Gasteiger charge is -2.45. The third-order valence-electron chi connectivity index (χ3n) is 1.75. The lowest BCUT2D eigenvalue weighted by atomic mass is 9.85. The molecule has 0 aliphatic carbocycles. The Labute approximate surface area is 51.7 Å². The van der Waals surface area contributed by atoms with Gasteiger partial charge in [-0.25, -0.2) is 0 Å². The molecule has 0 atom stereocenters. The van der Waals surface area contributed by atoms with E-state index in [2.05, 4.69) is 25.7 Å². The third kappa shape index (κ3) is 1.03. The maximum atomic E-state index is 2.46. The first-order chi connectivity index (χ1) is 3.64. The summed E-state index contributed by atoms with van der Waals surface area (Å²) in [7, 11) is 0. The number of likely N-dealkylation sites (tertiary alicyclic amines) is 1. The van der Waals surface area contributed by atoms with E-state index in [0.717, 1.165) is 0 Å². The molecule has 1 rings (SSSR count). The molecule has 0 unspecified atom stereocenters. The van der Waals surface area contributed by atoms with Crippen LogP contribution in [0.25, 0.3) is 0 Å². The van der Waals surface area contributed by atoms with Crippen LogP contribution in [0.2, 0.25) is 0 Å². The SMILES string of the molecule is CCN1CC(C)(C)C1. The smallest absolute Gasteiger partial charge is 0.00450 e. The van der Waals surface area contributed by atoms with E-state index < -0.39 is 0 Å². The summed E-state index contributed by atoms with van der Waals surface area (Å²) in [6, 6.07) is 0. The average Bonchev–Trinajstić information content (AvgIpc) is 1.60. The molecule has 1 saturated heterocycles. The van der Waals surface area contributed by atoms with Gasteiger partial charge in [0.1, 0.15) is 0 Å². The number of rotatable bonds is 1. The van der Waals surface area contributed by atoms with Gasteiger partial charge in [-0.05, 0) is 12.0 Å². The zero-order valence-corrected chi connectivity index (χ0v) is 6.07. The van der Waals surface area contributed by atoms with E-state index in [-0.39, 0.29) is 0 Å². The van der Waals surface area contributed by atoms with E-state index in [1.54, 1.807) is 0 Å². The number of hydrogen-bond donors (Lipinski definition) is 0. The Hall–Kier alpha value is -0.0400. The molecule has 1 aliphatic heterocycles. The summed E-state index contributed by atoms with van der Waals surface area (Å²) in [5, 5.41) is 0. The molecule has 1 fully saturated rings. The molecule has 0 aromatic rings. The van der Waals surface area contributed by atoms with Crippen molar-refractivity contribution in [2.45, 2.75) is 20.8 Å². The second-order valence-electron chi connectivity index (χ2n) is 3.47. The second-order valence-corrected chi connectivity index (χ2v) is 3.47. The van der Waals surface area contributed by atoms with Crippen LogP contribution in [0.4, 0.5) is 0 Å². The highest BCUT2D eigenvalue weighted by atomic mass is 15.2. The zero-order chi connectivity index (χ0) is 6.20. The van der Waals surface area contributed by atoms with E-state index in [1.165, 1.54) is 19.6 Å². The molecule has 1 heterocycles. The molecule has 0 aromatic carbocycles. The standard InChI is InChI=1S/C7H15N/c1-4-8-5-7(2,3)6-8/h4-6H2,1-3H3. The fourth-order valence-electron chi connectivity index (χ4n) is 1.39. The van der Waals surface area contributed by atoms with Gasteiger partial charge in [0.05, 0.1) is 0 Å². The van der Waals surface area contributed by atoms with Crippen molar-refractivity contribution in [2.24, 2.45) is 5.41 Å². The van der Waals surface area contributed by atoms with Crippen LogP contribution in [0.3, 0.4) is 0 Å². The van der Waals surface area contributed by atoms with Crippen LogP contribution in [0.5, 0.6) is 0 Å². The summed E-state index contributed by atoms with van der Waals surface area (Å²) in [4.78, 5) is 2.46. The topological polar surface area (TPSA) is 3.24 Å². The Kier molecular flexibility index (Phi) is 1.31. The van der Waals surface area contributed by atoms with Gasteiger partial charge in [-0.1, -0.05) is 20.8 Å². The summed E-state index contributed by atoms with van der Waals surface area (Å²) < 4.78 is 0. The van der Waals surface area contributed by atoms with Crippen molar-refractivity contribution in [3.63, 3.8) is 0 Å². The molecule has 8 heavy (non-hydrogen) atoms. The first-order valence-corrected chi connectivity index (χ1v) is 3.36. The molecule has 0 bridgehead atoms. The van der Waals surface area contributed by atoms with Gasteiger partial charge < -0.3 is 4.90 Å². The van der Waals surface area contributed by atoms with Crippen LogP contribution in [-0.2, 0) is 0 Å². The van der Waals surface area contributed by atoms with Crippen molar-refractivity contribution < 1.29 is 0 Å². The van der Waals surface area contributed by atoms with Crippen molar-refractivity contribution in [1.29, 1.82) is 0 Å². The van der Waals surface area contributed by atoms with Gasteiger partial charge in [-0.3, -0.25) is 0 Å². The summed E-state index contributed by atoms with van der Waals surface area (Å²) in [6.45, 7) is 10.7. The van der Waals surface area contributed by atoms with Crippen LogP contribution in [0.1, 0.15) is 20.8 Å². The first kappa shape index (κ1) is 6.09. The van der Waals surface area contributed by atoms with E-state index in [9.17, 15) is 0 Å². The quantitative estimate of drug-likeness (QED) is 0.496. The minimum atomic E-state index is 0.621. The molecule has 0 aromatic heterocycles. The lowest BCUT2D eigenvalue weighted by Crippen LogP contribution is -2.52. The van der Waals surface area contributed by atoms with Gasteiger partial charge >= 0.3 is 0 Å². The fourth-order valence-corrected chi connectivity index (χ4v) is 1.39. The number of hydrogen-bond acceptors (Lipinski definition) is 1. The monoisotopic (exact) mass is 113 g/mol. The summed E-state index contributed by atoms with van der Waals surface area (Å²) in [5.74, 6) is 0. The van der Waals surface area contributed by atoms with Crippen LogP contribution in [0, 0.1) is 5.41 Å². The van der Waals surface area contributed by atoms with Crippen LogP contribution >= 0.6 is 0 Å². The summed E-state index contributed by atoms with van der Waals surface area (Å²) >= 11 is 0. The maximum absolute atomic E-state index is 2.46. The fraction of sp³-hybridized carbons (Fsp3) is 1.00. The largest absolute Gasteiger partial charge is 0.302 e. The van der Waals surface area contributed by atoms with E-state index >= 15 is 0 Å². The molecule has 1 heteroatoms. The molecular formula is C7H15N. The molecular weight excluding hydrogens is 98.1 g/mol. The predicted molar refractivity (Wildman–Crippen MR) is 35.9 cm³/mol. The number of nitrogens with zero attached hydrogens (tertiary/aromatic N) is 1. The summed E-state index contributed by atoms with van der Waals surface area (Å²) in [5.41, 5.74) is 0.621. The molecule has 0 N–H and O–H groups in total. The van der Waals surface area contributed by atoms with Gasteiger partial charge in [-0.2, -0.15) is 0 Å². The average molecular weight is 113 g/mol. The molecule has 1 aliphatic rings. The molecule has 48 valence electrons. The molecule has 0 radical (unpaired) electrons. The van der Waals surface area contributed by atoms with Crippen LogP contribution < -0.4 is 0 Å². The zero-order valence-electron chi connectivity index (χ0n) is 6.07. The van der Waals surface area contributed by atoms with Crippen molar-refractivity contribution in [3.8, 4) is 0 Å². The van der Waals surface area contributed by atoms with Crippen LogP contribution in [-0.4, -0.2) is 24.5 Å². The second kappa shape index (κ2) is 1.73. The Morgan fingerprint density at radius 2 is 1.88 bits per heavy atom. The van der Waals surface area contributed by atoms with Gasteiger partial charge in [0.15, 0.2) is 0 Å². The van der Waals surface area contributed by atoms with Crippen LogP contribution in [0.15, 0.2) is 0 Å². The predicted octanol–water partition coefficient (Wildman–Crippen LogP) is 1.35. The van der Waals surface area contributed by atoms with E-state index in [1.807, 2.05) is 0 Å². The highest BCUT2D eigenvalue weighted by Gasteiger charge is 2.32. The minimum absolute atomic E-state index is 0.621. The Balaban J connectivity index is 2.21. The summed E-state index contributed by atoms with van der Waals surface area (Å²) in [6.07, 6.45) is 0. The Morgan fingerprint density at radius 3 is 2.00 bits per heavy atom. The third-order valence-corrected chi connectivity index (χ3v) is 1.75. The Bertz CT molecular complexity index is 78.4. The minimum Gasteiger partial charge on any atom is -0.302 e. The van der Waals surface area contributed by atoms with Crippen molar-refractivity contribution in [3.05, 3.63) is 0 Å². The van der Waals surface area contributed by atoms with Gasteiger partial charge in [0, 0.05) is 13.1 Å². The molecule has 0 amide bonds. The van der Waals surface area contributed by atoms with Gasteiger partial charge in [0.2, 0.25) is 0 Å². The highest BCUT2D eigenvalue weighted by molar-refractivity contribution is 4.86. The van der Waals surface area contributed by atoms with Crippen molar-refractivity contribution >= 4 is 0 Å². The maximum Gasteiger partial charge on any atom is 0.00450 e. The van der Waals surface area contributed by atoms with E-state index in [4.69, 9.17) is 0 Å². The normalized spacial score (nSPS) is 27.4.